The van der Waals surface area contributed by atoms with Gasteiger partial charge in [-0.2, -0.15) is 4.98 Å². The van der Waals surface area contributed by atoms with Crippen molar-refractivity contribution in [2.75, 3.05) is 0 Å². The van der Waals surface area contributed by atoms with E-state index in [2.05, 4.69) is 9.97 Å². The molecule has 0 aromatic carbocycles. The molecule has 2 heterocycles. The quantitative estimate of drug-likeness (QED) is 0.764. The third kappa shape index (κ3) is 1.84. The Morgan fingerprint density at radius 1 is 1.40 bits per heavy atom. The van der Waals surface area contributed by atoms with Crippen molar-refractivity contribution in [3.63, 3.8) is 0 Å². The van der Waals surface area contributed by atoms with Gasteiger partial charge in [0.15, 0.2) is 11.2 Å². The molecule has 15 heavy (non-hydrogen) atoms. The molecule has 0 saturated carbocycles. The maximum absolute atomic E-state index is 9.31. The van der Waals surface area contributed by atoms with E-state index in [0.717, 1.165) is 5.69 Å². The van der Waals surface area contributed by atoms with Crippen LogP contribution in [-0.4, -0.2) is 21.2 Å². The summed E-state index contributed by atoms with van der Waals surface area (Å²) in [6, 6.07) is 3.02. The van der Waals surface area contributed by atoms with Crippen LogP contribution in [0.1, 0.15) is 24.6 Å². The highest BCUT2D eigenvalue weighted by Gasteiger charge is 2.18. The van der Waals surface area contributed by atoms with Crippen LogP contribution in [0.4, 0.5) is 0 Å². The van der Waals surface area contributed by atoms with Crippen molar-refractivity contribution in [3.8, 4) is 0 Å². The number of aryl methyl sites for hydroxylation is 1. The van der Waals surface area contributed by atoms with Gasteiger partial charge in [-0.05, 0) is 26.0 Å². The third-order valence-corrected chi connectivity index (χ3v) is 2.21. The van der Waals surface area contributed by atoms with Gasteiger partial charge >= 0.3 is 0 Å². The highest BCUT2D eigenvalue weighted by atomic mass is 16.4. The van der Waals surface area contributed by atoms with Crippen molar-refractivity contribution in [2.24, 2.45) is 5.73 Å². The topological polar surface area (TPSA) is 85.2 Å². The summed E-state index contributed by atoms with van der Waals surface area (Å²) in [7, 11) is 0. The number of rotatable bonds is 2. The lowest BCUT2D eigenvalue weighted by atomic mass is 10.2. The molecule has 0 amide bonds. The average Bonchev–Trinajstić information content (AvgIpc) is 2.58. The first-order chi connectivity index (χ1) is 7.08. The van der Waals surface area contributed by atoms with E-state index in [-0.39, 0.29) is 0 Å². The second-order valence-electron chi connectivity index (χ2n) is 3.59. The molecule has 0 saturated heterocycles. The molecule has 0 aliphatic rings. The number of aliphatic hydroxyl groups is 1. The van der Waals surface area contributed by atoms with E-state index in [1.54, 1.807) is 13.0 Å². The van der Waals surface area contributed by atoms with Crippen LogP contribution in [0.15, 0.2) is 16.5 Å². The van der Waals surface area contributed by atoms with Crippen molar-refractivity contribution in [1.29, 1.82) is 0 Å². The van der Waals surface area contributed by atoms with Crippen molar-refractivity contribution in [3.05, 3.63) is 23.7 Å². The van der Waals surface area contributed by atoms with E-state index in [1.165, 1.54) is 0 Å². The molecular weight excluding hydrogens is 194 g/mol. The van der Waals surface area contributed by atoms with Crippen LogP contribution < -0.4 is 5.73 Å². The molecule has 0 spiro atoms. The highest BCUT2D eigenvalue weighted by Crippen LogP contribution is 2.19. The molecule has 5 nitrogen and oxygen atoms in total. The number of hydrogen-bond acceptors (Lipinski definition) is 5. The zero-order valence-electron chi connectivity index (χ0n) is 8.64. The first-order valence-corrected chi connectivity index (χ1v) is 4.75. The summed E-state index contributed by atoms with van der Waals surface area (Å²) in [6.45, 7) is 3.47. The lowest BCUT2D eigenvalue weighted by molar-refractivity contribution is 0.152. The Labute approximate surface area is 86.9 Å². The molecule has 0 fully saturated rings. The first kappa shape index (κ1) is 10.1. The minimum absolute atomic E-state index is 0.318. The van der Waals surface area contributed by atoms with Gasteiger partial charge in [0.1, 0.15) is 6.04 Å². The van der Waals surface area contributed by atoms with Crippen LogP contribution in [0.5, 0.6) is 0 Å². The lowest BCUT2D eigenvalue weighted by Gasteiger charge is -2.08. The summed E-state index contributed by atoms with van der Waals surface area (Å²) in [5.41, 5.74) is 7.69. The van der Waals surface area contributed by atoms with E-state index in [4.69, 9.17) is 10.2 Å². The second kappa shape index (κ2) is 3.60. The number of nitrogens with zero attached hydrogens (tertiary/aromatic N) is 2. The van der Waals surface area contributed by atoms with E-state index in [1.807, 2.05) is 13.0 Å². The van der Waals surface area contributed by atoms with Crippen molar-refractivity contribution < 1.29 is 9.52 Å². The SMILES string of the molecule is Cc1ccc2oc(C(N)C(C)O)nc2n1. The third-order valence-electron chi connectivity index (χ3n) is 2.21. The minimum atomic E-state index is -0.695. The minimum Gasteiger partial charge on any atom is -0.437 e. The standard InChI is InChI=1S/C10H13N3O2/c1-5-3-4-7-9(12-5)13-10(15-7)8(11)6(2)14/h3-4,6,8,14H,11H2,1-2H3. The summed E-state index contributed by atoms with van der Waals surface area (Å²) in [5, 5.41) is 9.31. The fourth-order valence-corrected chi connectivity index (χ4v) is 1.28. The van der Waals surface area contributed by atoms with Gasteiger partial charge < -0.3 is 15.3 Å². The van der Waals surface area contributed by atoms with Gasteiger partial charge in [-0.25, -0.2) is 4.98 Å². The Hall–Kier alpha value is -1.46. The van der Waals surface area contributed by atoms with Gasteiger partial charge in [-0.3, -0.25) is 0 Å². The number of hydrogen-bond donors (Lipinski definition) is 2. The highest BCUT2D eigenvalue weighted by molar-refractivity contribution is 5.67. The van der Waals surface area contributed by atoms with E-state index in [0.29, 0.717) is 17.1 Å². The Morgan fingerprint density at radius 3 is 2.80 bits per heavy atom. The average molecular weight is 207 g/mol. The Kier molecular flexibility index (Phi) is 2.42. The Balaban J connectivity index is 2.47. The van der Waals surface area contributed by atoms with Gasteiger partial charge in [-0.15, -0.1) is 0 Å². The molecule has 2 atom stereocenters. The van der Waals surface area contributed by atoms with Crippen LogP contribution in [0.2, 0.25) is 0 Å². The Bertz CT molecular complexity index is 478. The zero-order chi connectivity index (χ0) is 11.0. The van der Waals surface area contributed by atoms with E-state index in [9.17, 15) is 5.11 Å². The normalized spacial score (nSPS) is 15.5. The van der Waals surface area contributed by atoms with Crippen LogP contribution in [0.25, 0.3) is 11.2 Å². The summed E-state index contributed by atoms with van der Waals surface area (Å²) in [5.74, 6) is 0.318. The molecule has 0 aliphatic heterocycles. The van der Waals surface area contributed by atoms with Crippen LogP contribution in [0, 0.1) is 6.92 Å². The number of fused-ring (bicyclic) bond motifs is 1. The maximum Gasteiger partial charge on any atom is 0.216 e. The lowest BCUT2D eigenvalue weighted by Crippen LogP contribution is -2.23. The number of oxazole rings is 1. The smallest absolute Gasteiger partial charge is 0.216 e. The number of aromatic nitrogens is 2. The molecule has 80 valence electrons. The molecule has 2 aromatic rings. The molecule has 0 radical (unpaired) electrons. The van der Waals surface area contributed by atoms with Crippen molar-refractivity contribution in [2.45, 2.75) is 26.0 Å². The monoisotopic (exact) mass is 207 g/mol. The molecule has 0 bridgehead atoms. The summed E-state index contributed by atoms with van der Waals surface area (Å²) in [6.07, 6.45) is -0.695. The molecule has 2 aromatic heterocycles. The van der Waals surface area contributed by atoms with Crippen molar-refractivity contribution >= 4 is 11.2 Å². The fraction of sp³-hybridized carbons (Fsp3) is 0.400. The molecular formula is C10H13N3O2. The van der Waals surface area contributed by atoms with E-state index >= 15 is 0 Å². The first-order valence-electron chi connectivity index (χ1n) is 4.75. The predicted octanol–water partition coefficient (Wildman–Crippen LogP) is 0.912. The predicted molar refractivity (Wildman–Crippen MR) is 55.2 cm³/mol. The number of pyridine rings is 1. The van der Waals surface area contributed by atoms with Gasteiger partial charge in [0.25, 0.3) is 0 Å². The van der Waals surface area contributed by atoms with Gasteiger partial charge in [0, 0.05) is 5.69 Å². The molecule has 2 rings (SSSR count). The number of aliphatic hydroxyl groups excluding tert-OH is 1. The van der Waals surface area contributed by atoms with Gasteiger partial charge in [0.05, 0.1) is 6.10 Å². The molecule has 3 N–H and O–H groups in total. The van der Waals surface area contributed by atoms with Crippen LogP contribution in [0.3, 0.4) is 0 Å². The molecule has 5 heteroatoms. The molecule has 0 aliphatic carbocycles. The summed E-state index contributed by atoms with van der Waals surface area (Å²) in [4.78, 5) is 8.33. The summed E-state index contributed by atoms with van der Waals surface area (Å²) >= 11 is 0. The second-order valence-corrected chi connectivity index (χ2v) is 3.59. The van der Waals surface area contributed by atoms with E-state index < -0.39 is 12.1 Å². The fourth-order valence-electron chi connectivity index (χ4n) is 1.28. The van der Waals surface area contributed by atoms with Crippen LogP contribution in [-0.2, 0) is 0 Å². The number of nitrogens with two attached hydrogens (primary N) is 1. The van der Waals surface area contributed by atoms with Gasteiger partial charge in [0.2, 0.25) is 5.89 Å². The Morgan fingerprint density at radius 2 is 2.13 bits per heavy atom. The zero-order valence-corrected chi connectivity index (χ0v) is 8.64. The summed E-state index contributed by atoms with van der Waals surface area (Å²) < 4.78 is 5.39. The molecule has 2 unspecified atom stereocenters. The van der Waals surface area contributed by atoms with Gasteiger partial charge in [-0.1, -0.05) is 0 Å². The van der Waals surface area contributed by atoms with Crippen LogP contribution >= 0.6 is 0 Å². The largest absolute Gasteiger partial charge is 0.437 e. The maximum atomic E-state index is 9.31. The van der Waals surface area contributed by atoms with Crippen molar-refractivity contribution in [1.82, 2.24) is 9.97 Å².